The Bertz CT molecular complexity index is 509. The number of esters is 1. The van der Waals surface area contributed by atoms with Gasteiger partial charge in [-0.1, -0.05) is 53.3 Å². The molecule has 0 fully saturated rings. The summed E-state index contributed by atoms with van der Waals surface area (Å²) in [5, 5.41) is 8.34. The number of azo groups is 1. The first kappa shape index (κ1) is 17.5. The largest absolute Gasteiger partial charge is 0.463 e. The molecule has 0 heterocycles. The lowest BCUT2D eigenvalue weighted by Gasteiger charge is -2.14. The number of rotatable bonds is 5. The van der Waals surface area contributed by atoms with E-state index in [2.05, 4.69) is 10.2 Å². The molecule has 1 aromatic carbocycles. The average molecular weight is 358 g/mol. The molecule has 0 amide bonds. The number of benzene rings is 1. The van der Waals surface area contributed by atoms with Crippen molar-refractivity contribution in [3.63, 3.8) is 0 Å². The molecule has 0 bridgehead atoms. The Hall–Kier alpha value is -0.550. The lowest BCUT2D eigenvalue weighted by atomic mass is 10.3. The van der Waals surface area contributed by atoms with Crippen molar-refractivity contribution in [3.05, 3.63) is 27.2 Å². The average Bonchev–Trinajstić information content (AvgIpc) is 2.34. The van der Waals surface area contributed by atoms with Crippen molar-refractivity contribution in [2.24, 2.45) is 10.2 Å². The Morgan fingerprint density at radius 2 is 1.85 bits per heavy atom. The van der Waals surface area contributed by atoms with Gasteiger partial charge in [0.15, 0.2) is 0 Å². The molecule has 0 spiro atoms. The molecule has 0 N–H and O–H groups in total. The smallest absolute Gasteiger partial charge is 0.351 e. The second-order valence-corrected chi connectivity index (χ2v) is 5.99. The first-order chi connectivity index (χ1) is 9.27. The van der Waals surface area contributed by atoms with Gasteiger partial charge in [-0.3, -0.25) is 0 Å². The van der Waals surface area contributed by atoms with Gasteiger partial charge in [0.2, 0.25) is 5.00 Å². The highest BCUT2D eigenvalue weighted by Crippen LogP contribution is 2.37. The summed E-state index contributed by atoms with van der Waals surface area (Å²) < 4.78 is 4.91. The highest BCUT2D eigenvalue weighted by atomic mass is 35.5. The van der Waals surface area contributed by atoms with Gasteiger partial charge in [-0.05, 0) is 25.5 Å². The zero-order valence-electron chi connectivity index (χ0n) is 10.8. The van der Waals surface area contributed by atoms with Crippen molar-refractivity contribution in [2.45, 2.75) is 25.3 Å². The third-order valence-electron chi connectivity index (χ3n) is 2.13. The number of hydrogen-bond donors (Lipinski definition) is 0. The normalized spacial score (nSPS) is 14.3. The predicted octanol–water partition coefficient (Wildman–Crippen LogP) is 5.64. The summed E-state index contributed by atoms with van der Waals surface area (Å²) in [6.07, 6.45) is 0.685. The topological polar surface area (TPSA) is 51.0 Å². The van der Waals surface area contributed by atoms with Gasteiger partial charge in [-0.25, -0.2) is 4.79 Å². The van der Waals surface area contributed by atoms with E-state index in [-0.39, 0.29) is 22.3 Å². The molecular weight excluding hydrogens is 346 g/mol. The van der Waals surface area contributed by atoms with Gasteiger partial charge in [0.05, 0.1) is 16.7 Å². The number of nitrogens with zero attached hydrogens (tertiary/aromatic N) is 2. The maximum absolute atomic E-state index is 11.7. The minimum absolute atomic E-state index is 0.188. The van der Waals surface area contributed by atoms with E-state index in [1.54, 1.807) is 0 Å². The van der Waals surface area contributed by atoms with E-state index >= 15 is 0 Å². The third-order valence-corrected chi connectivity index (χ3v) is 3.15. The molecular formula is C12H12Cl4N2O2. The van der Waals surface area contributed by atoms with E-state index in [4.69, 9.17) is 51.1 Å². The number of alkyl halides is 1. The lowest BCUT2D eigenvalue weighted by molar-refractivity contribution is -0.146. The number of hydrogen-bond acceptors (Lipinski definition) is 4. The first-order valence-corrected chi connectivity index (χ1v) is 7.22. The molecule has 1 aromatic rings. The van der Waals surface area contributed by atoms with Crippen LogP contribution in [-0.4, -0.2) is 17.6 Å². The Morgan fingerprint density at radius 3 is 2.35 bits per heavy atom. The SMILES string of the molecule is CCCOC(=O)C(C)(Cl)N=Nc1c(Cl)cc(Cl)cc1Cl. The van der Waals surface area contributed by atoms with Crippen molar-refractivity contribution < 1.29 is 9.53 Å². The van der Waals surface area contributed by atoms with Gasteiger partial charge >= 0.3 is 5.97 Å². The first-order valence-electron chi connectivity index (χ1n) is 5.71. The number of halogens is 4. The Balaban J connectivity index is 2.94. The molecule has 0 aliphatic rings. The molecule has 1 unspecified atom stereocenters. The van der Waals surface area contributed by atoms with Crippen LogP contribution >= 0.6 is 46.4 Å². The van der Waals surface area contributed by atoms with Crippen LogP contribution in [0.1, 0.15) is 20.3 Å². The zero-order chi connectivity index (χ0) is 15.3. The van der Waals surface area contributed by atoms with Crippen molar-refractivity contribution in [1.82, 2.24) is 0 Å². The standard InChI is InChI=1S/C12H12Cl4N2O2/c1-3-4-20-11(19)12(2,16)18-17-10-8(14)5-7(13)6-9(10)15/h5-6H,3-4H2,1-2H3. The van der Waals surface area contributed by atoms with Gasteiger partial charge in [-0.2, -0.15) is 10.2 Å². The minimum atomic E-state index is -1.64. The number of carbonyl (C=O) groups excluding carboxylic acids is 1. The van der Waals surface area contributed by atoms with E-state index in [9.17, 15) is 4.79 Å². The van der Waals surface area contributed by atoms with Crippen LogP contribution in [0.25, 0.3) is 0 Å². The zero-order valence-corrected chi connectivity index (χ0v) is 13.8. The third kappa shape index (κ3) is 4.77. The summed E-state index contributed by atoms with van der Waals surface area (Å²) in [5.74, 6) is -0.689. The summed E-state index contributed by atoms with van der Waals surface area (Å²) in [7, 11) is 0. The van der Waals surface area contributed by atoms with Gasteiger partial charge in [0, 0.05) is 5.02 Å². The molecule has 8 heteroatoms. The fourth-order valence-corrected chi connectivity index (χ4v) is 2.13. The molecule has 1 atom stereocenters. The van der Waals surface area contributed by atoms with Crippen molar-refractivity contribution in [2.75, 3.05) is 6.61 Å². The van der Waals surface area contributed by atoms with E-state index < -0.39 is 11.0 Å². The Morgan fingerprint density at radius 1 is 1.30 bits per heavy atom. The number of ether oxygens (including phenoxy) is 1. The molecule has 0 aliphatic carbocycles. The van der Waals surface area contributed by atoms with Crippen LogP contribution in [0.4, 0.5) is 5.69 Å². The van der Waals surface area contributed by atoms with Crippen LogP contribution in [0.15, 0.2) is 22.4 Å². The second-order valence-electron chi connectivity index (χ2n) is 4.01. The van der Waals surface area contributed by atoms with Gasteiger partial charge in [0.25, 0.3) is 0 Å². The van der Waals surface area contributed by atoms with E-state index in [1.165, 1.54) is 19.1 Å². The van der Waals surface area contributed by atoms with Crippen LogP contribution in [0.2, 0.25) is 15.1 Å². The molecule has 0 radical (unpaired) electrons. The highest BCUT2D eigenvalue weighted by Gasteiger charge is 2.32. The summed E-state index contributed by atoms with van der Waals surface area (Å²) in [6, 6.07) is 2.93. The lowest BCUT2D eigenvalue weighted by Crippen LogP contribution is -2.28. The fraction of sp³-hybridized carbons (Fsp3) is 0.417. The monoisotopic (exact) mass is 356 g/mol. The van der Waals surface area contributed by atoms with Crippen molar-refractivity contribution in [3.8, 4) is 0 Å². The van der Waals surface area contributed by atoms with E-state index in [0.29, 0.717) is 11.4 Å². The van der Waals surface area contributed by atoms with Crippen molar-refractivity contribution >= 4 is 58.1 Å². The Kier molecular flexibility index (Phi) is 6.52. The van der Waals surface area contributed by atoms with E-state index in [0.717, 1.165) is 0 Å². The summed E-state index contributed by atoms with van der Waals surface area (Å²) in [4.78, 5) is 10.0. The minimum Gasteiger partial charge on any atom is -0.463 e. The molecule has 0 aromatic heterocycles. The highest BCUT2D eigenvalue weighted by molar-refractivity contribution is 6.41. The van der Waals surface area contributed by atoms with Gasteiger partial charge < -0.3 is 4.74 Å². The summed E-state index contributed by atoms with van der Waals surface area (Å²) in [5.41, 5.74) is 0.188. The predicted molar refractivity (Wildman–Crippen MR) is 81.5 cm³/mol. The molecule has 110 valence electrons. The Labute approximate surface area is 137 Å². The van der Waals surface area contributed by atoms with Crippen molar-refractivity contribution in [1.29, 1.82) is 0 Å². The van der Waals surface area contributed by atoms with Crippen LogP contribution in [0, 0.1) is 0 Å². The molecule has 0 saturated heterocycles. The molecule has 0 aliphatic heterocycles. The quantitative estimate of drug-likeness (QED) is 0.296. The molecule has 0 saturated carbocycles. The maximum Gasteiger partial charge on any atom is 0.351 e. The number of carbonyl (C=O) groups is 1. The summed E-state index contributed by atoms with van der Waals surface area (Å²) in [6.45, 7) is 3.50. The molecule has 20 heavy (non-hydrogen) atoms. The second kappa shape index (κ2) is 7.46. The van der Waals surface area contributed by atoms with Crippen LogP contribution in [0.3, 0.4) is 0 Å². The maximum atomic E-state index is 11.7. The van der Waals surface area contributed by atoms with Gasteiger partial charge in [-0.15, -0.1) is 0 Å². The fourth-order valence-electron chi connectivity index (χ4n) is 1.14. The van der Waals surface area contributed by atoms with E-state index in [1.807, 2.05) is 6.92 Å². The summed E-state index contributed by atoms with van der Waals surface area (Å²) >= 11 is 23.6. The van der Waals surface area contributed by atoms with Gasteiger partial charge in [0.1, 0.15) is 5.69 Å². The van der Waals surface area contributed by atoms with Crippen LogP contribution in [-0.2, 0) is 9.53 Å². The molecule has 1 rings (SSSR count). The van der Waals surface area contributed by atoms with Crippen LogP contribution < -0.4 is 0 Å². The van der Waals surface area contributed by atoms with Crippen LogP contribution in [0.5, 0.6) is 0 Å². The molecule has 4 nitrogen and oxygen atoms in total.